The molecule has 0 saturated carbocycles. The Morgan fingerprint density at radius 1 is 0.677 bits per heavy atom. The number of unbranched alkanes of at least 4 members (excludes halogenated alkanes) is 15. The molecule has 184 valence electrons. The first-order valence-corrected chi connectivity index (χ1v) is 14.0. The summed E-state index contributed by atoms with van der Waals surface area (Å²) in [7, 11) is 0. The average Bonchev–Trinajstić information content (AvgIpc) is 2.77. The third kappa shape index (κ3) is 25.3. The van der Waals surface area contributed by atoms with E-state index in [1.165, 1.54) is 109 Å². The molecule has 0 aromatic carbocycles. The van der Waals surface area contributed by atoms with E-state index >= 15 is 0 Å². The summed E-state index contributed by atoms with van der Waals surface area (Å²) in [5.74, 6) is 0.919. The molecule has 2 nitrogen and oxygen atoms in total. The first-order valence-electron chi connectivity index (χ1n) is 14.0. The van der Waals surface area contributed by atoms with Crippen LogP contribution in [-0.2, 0) is 9.53 Å². The van der Waals surface area contributed by atoms with Gasteiger partial charge in [0.2, 0.25) is 0 Å². The predicted octanol–water partition coefficient (Wildman–Crippen LogP) is 9.95. The van der Waals surface area contributed by atoms with Gasteiger partial charge in [0.15, 0.2) is 0 Å². The Morgan fingerprint density at radius 3 is 1.81 bits per heavy atom. The van der Waals surface area contributed by atoms with Gasteiger partial charge in [0.25, 0.3) is 0 Å². The molecule has 0 aliphatic rings. The fourth-order valence-corrected chi connectivity index (χ4v) is 3.91. The first-order chi connectivity index (χ1) is 15.2. The van der Waals surface area contributed by atoms with Crippen LogP contribution >= 0.6 is 0 Å². The molecule has 0 aliphatic heterocycles. The van der Waals surface area contributed by atoms with E-state index in [9.17, 15) is 4.79 Å². The smallest absolute Gasteiger partial charge is 0.305 e. The molecule has 0 rings (SSSR count). The molecule has 0 aromatic rings. The van der Waals surface area contributed by atoms with Crippen molar-refractivity contribution in [2.45, 2.75) is 156 Å². The number of carbonyl (C=O) groups is 1. The molecule has 0 saturated heterocycles. The van der Waals surface area contributed by atoms with Gasteiger partial charge in [0.1, 0.15) is 0 Å². The molecule has 0 amide bonds. The van der Waals surface area contributed by atoms with E-state index in [2.05, 4.69) is 32.9 Å². The van der Waals surface area contributed by atoms with Crippen LogP contribution in [0.2, 0.25) is 0 Å². The van der Waals surface area contributed by atoms with Gasteiger partial charge in [-0.1, -0.05) is 129 Å². The van der Waals surface area contributed by atoms with E-state index in [4.69, 9.17) is 4.74 Å². The van der Waals surface area contributed by atoms with Crippen molar-refractivity contribution in [2.24, 2.45) is 5.92 Å². The maximum Gasteiger partial charge on any atom is 0.305 e. The van der Waals surface area contributed by atoms with Gasteiger partial charge in [-0.3, -0.25) is 4.79 Å². The number of allylic oxidation sites excluding steroid dienone is 2. The van der Waals surface area contributed by atoms with E-state index in [0.29, 0.717) is 13.0 Å². The molecule has 0 heterocycles. The monoisotopic (exact) mass is 436 g/mol. The highest BCUT2D eigenvalue weighted by molar-refractivity contribution is 5.69. The van der Waals surface area contributed by atoms with E-state index in [-0.39, 0.29) is 5.97 Å². The molecule has 2 heteroatoms. The summed E-state index contributed by atoms with van der Waals surface area (Å²) in [6.45, 7) is 7.53. The summed E-state index contributed by atoms with van der Waals surface area (Å²) in [6, 6.07) is 0. The third-order valence-corrected chi connectivity index (χ3v) is 6.44. The van der Waals surface area contributed by atoms with Crippen LogP contribution in [0.5, 0.6) is 0 Å². The molecule has 0 N–H and O–H groups in total. The SMILES string of the molecule is CCCCC=CCCCCCCCC(=O)OCCCCCCCCCCCC(C)CC. The quantitative estimate of drug-likeness (QED) is 0.0854. The molecule has 0 bridgehead atoms. The Hall–Kier alpha value is -0.790. The lowest BCUT2D eigenvalue weighted by molar-refractivity contribution is -0.143. The van der Waals surface area contributed by atoms with Crippen LogP contribution in [0.25, 0.3) is 0 Å². The van der Waals surface area contributed by atoms with Crippen molar-refractivity contribution in [1.29, 1.82) is 0 Å². The minimum atomic E-state index is 0.0104. The van der Waals surface area contributed by atoms with Crippen molar-refractivity contribution in [3.63, 3.8) is 0 Å². The summed E-state index contributed by atoms with van der Waals surface area (Å²) >= 11 is 0. The van der Waals surface area contributed by atoms with Crippen LogP contribution in [-0.4, -0.2) is 12.6 Å². The molecule has 0 radical (unpaired) electrons. The highest BCUT2D eigenvalue weighted by Gasteiger charge is 2.02. The second-order valence-electron chi connectivity index (χ2n) is 9.62. The van der Waals surface area contributed by atoms with Crippen LogP contribution in [0.1, 0.15) is 156 Å². The lowest BCUT2D eigenvalue weighted by Crippen LogP contribution is -2.05. The van der Waals surface area contributed by atoms with Gasteiger partial charge in [0.05, 0.1) is 6.61 Å². The van der Waals surface area contributed by atoms with Crippen molar-refractivity contribution in [3.8, 4) is 0 Å². The summed E-state index contributed by atoms with van der Waals surface area (Å²) < 4.78 is 5.39. The zero-order valence-electron chi connectivity index (χ0n) is 21.6. The third-order valence-electron chi connectivity index (χ3n) is 6.44. The van der Waals surface area contributed by atoms with Crippen molar-refractivity contribution in [1.82, 2.24) is 0 Å². The minimum Gasteiger partial charge on any atom is -0.466 e. The molecular weight excluding hydrogens is 380 g/mol. The zero-order chi connectivity index (χ0) is 22.8. The highest BCUT2D eigenvalue weighted by Crippen LogP contribution is 2.15. The van der Waals surface area contributed by atoms with E-state index in [1.807, 2.05) is 0 Å². The molecule has 1 atom stereocenters. The Morgan fingerprint density at radius 2 is 1.19 bits per heavy atom. The van der Waals surface area contributed by atoms with Gasteiger partial charge in [-0.05, 0) is 38.0 Å². The standard InChI is InChI=1S/C29H56O2/c1-4-6-7-8-9-10-11-14-17-20-23-26-29(30)31-27-24-21-18-15-12-13-16-19-22-25-28(3)5-2/h8-9,28H,4-7,10-27H2,1-3H3. The number of carbonyl (C=O) groups excluding carboxylic acids is 1. The Bertz CT molecular complexity index is 388. The molecule has 0 aliphatic carbocycles. The predicted molar refractivity (Wildman–Crippen MR) is 138 cm³/mol. The van der Waals surface area contributed by atoms with Crippen molar-refractivity contribution >= 4 is 5.97 Å². The summed E-state index contributed by atoms with van der Waals surface area (Å²) in [6.07, 6.45) is 30.9. The number of rotatable bonds is 24. The van der Waals surface area contributed by atoms with Crippen molar-refractivity contribution in [2.75, 3.05) is 6.61 Å². The number of esters is 1. The maximum atomic E-state index is 11.8. The van der Waals surface area contributed by atoms with Crippen LogP contribution in [0, 0.1) is 5.92 Å². The zero-order valence-corrected chi connectivity index (χ0v) is 21.6. The Balaban J connectivity index is 3.20. The molecular formula is C29H56O2. The van der Waals surface area contributed by atoms with E-state index in [1.54, 1.807) is 0 Å². The lowest BCUT2D eigenvalue weighted by Gasteiger charge is -2.07. The van der Waals surface area contributed by atoms with Crippen LogP contribution in [0.4, 0.5) is 0 Å². The van der Waals surface area contributed by atoms with E-state index in [0.717, 1.165) is 25.2 Å². The summed E-state index contributed by atoms with van der Waals surface area (Å²) in [4.78, 5) is 11.8. The molecule has 1 unspecified atom stereocenters. The molecule has 0 fully saturated rings. The molecule has 0 spiro atoms. The number of ether oxygens (including phenoxy) is 1. The largest absolute Gasteiger partial charge is 0.466 e. The molecule has 31 heavy (non-hydrogen) atoms. The van der Waals surface area contributed by atoms with Gasteiger partial charge >= 0.3 is 5.97 Å². The Kier molecular flexibility index (Phi) is 24.8. The highest BCUT2D eigenvalue weighted by atomic mass is 16.5. The van der Waals surface area contributed by atoms with Gasteiger partial charge in [0, 0.05) is 6.42 Å². The van der Waals surface area contributed by atoms with Gasteiger partial charge in [-0.25, -0.2) is 0 Å². The van der Waals surface area contributed by atoms with Crippen LogP contribution in [0.3, 0.4) is 0 Å². The second-order valence-corrected chi connectivity index (χ2v) is 9.62. The van der Waals surface area contributed by atoms with Crippen LogP contribution in [0.15, 0.2) is 12.2 Å². The number of hydrogen-bond acceptors (Lipinski definition) is 2. The van der Waals surface area contributed by atoms with Crippen molar-refractivity contribution < 1.29 is 9.53 Å². The van der Waals surface area contributed by atoms with Gasteiger partial charge in [-0.15, -0.1) is 0 Å². The molecule has 0 aromatic heterocycles. The first kappa shape index (κ1) is 30.2. The fraction of sp³-hybridized carbons (Fsp3) is 0.897. The maximum absolute atomic E-state index is 11.8. The average molecular weight is 437 g/mol. The normalized spacial score (nSPS) is 12.5. The number of hydrogen-bond donors (Lipinski definition) is 0. The topological polar surface area (TPSA) is 26.3 Å². The fourth-order valence-electron chi connectivity index (χ4n) is 3.91. The van der Waals surface area contributed by atoms with Gasteiger partial charge in [-0.2, -0.15) is 0 Å². The summed E-state index contributed by atoms with van der Waals surface area (Å²) in [5.41, 5.74) is 0. The Labute approximate surface area is 196 Å². The lowest BCUT2D eigenvalue weighted by atomic mass is 9.99. The van der Waals surface area contributed by atoms with E-state index < -0.39 is 0 Å². The summed E-state index contributed by atoms with van der Waals surface area (Å²) in [5, 5.41) is 0. The van der Waals surface area contributed by atoms with Crippen LogP contribution < -0.4 is 0 Å². The second kappa shape index (κ2) is 25.5. The van der Waals surface area contributed by atoms with Gasteiger partial charge < -0.3 is 4.74 Å². The minimum absolute atomic E-state index is 0.0104. The van der Waals surface area contributed by atoms with Crippen molar-refractivity contribution in [3.05, 3.63) is 12.2 Å².